The van der Waals surface area contributed by atoms with Gasteiger partial charge in [-0.25, -0.2) is 0 Å². The fourth-order valence-electron chi connectivity index (χ4n) is 6.69. The van der Waals surface area contributed by atoms with Crippen LogP contribution in [0.15, 0.2) is 36.5 Å². The smallest absolute Gasteiger partial charge is 0.249 e. The SMILES string of the molecule is CCCCCC/C=C/CC/C=C/CC/C=C/C(O)C(CO)NC(=O)C(O)CCCCCCCCCCCCCCCCCCCCCCCCC. The number of carbonyl (C=O) groups is 1. The van der Waals surface area contributed by atoms with Crippen molar-refractivity contribution in [3.8, 4) is 0 Å². The molecule has 0 saturated carbocycles. The van der Waals surface area contributed by atoms with Crippen LogP contribution >= 0.6 is 0 Å². The Labute approximate surface area is 317 Å². The zero-order valence-corrected chi connectivity index (χ0v) is 34.0. The highest BCUT2D eigenvalue weighted by molar-refractivity contribution is 5.80. The second-order valence-corrected chi connectivity index (χ2v) is 15.2. The Morgan fingerprint density at radius 2 is 0.804 bits per heavy atom. The molecule has 1 amide bonds. The quantitative estimate of drug-likeness (QED) is 0.0375. The molecule has 300 valence electrons. The molecule has 0 fully saturated rings. The number of aliphatic hydroxyl groups excluding tert-OH is 3. The van der Waals surface area contributed by atoms with Crippen LogP contribution in [0.3, 0.4) is 0 Å². The molecule has 0 aromatic rings. The van der Waals surface area contributed by atoms with Gasteiger partial charge in [-0.15, -0.1) is 0 Å². The van der Waals surface area contributed by atoms with E-state index in [1.807, 2.05) is 6.08 Å². The summed E-state index contributed by atoms with van der Waals surface area (Å²) in [5, 5.41) is 33.1. The zero-order valence-electron chi connectivity index (χ0n) is 34.0. The van der Waals surface area contributed by atoms with Gasteiger partial charge in [-0.3, -0.25) is 4.79 Å². The van der Waals surface area contributed by atoms with Gasteiger partial charge in [0.25, 0.3) is 0 Å². The second kappa shape index (κ2) is 41.3. The summed E-state index contributed by atoms with van der Waals surface area (Å²) in [7, 11) is 0. The predicted molar refractivity (Wildman–Crippen MR) is 222 cm³/mol. The zero-order chi connectivity index (χ0) is 37.3. The maximum Gasteiger partial charge on any atom is 0.249 e. The number of allylic oxidation sites excluding steroid dienone is 5. The van der Waals surface area contributed by atoms with Gasteiger partial charge in [0.2, 0.25) is 5.91 Å². The molecule has 0 heterocycles. The predicted octanol–water partition coefficient (Wildman–Crippen LogP) is 12.8. The monoisotopic (exact) mass is 718 g/mol. The molecule has 0 aliphatic carbocycles. The van der Waals surface area contributed by atoms with Gasteiger partial charge in [-0.05, 0) is 44.9 Å². The summed E-state index contributed by atoms with van der Waals surface area (Å²) < 4.78 is 0. The Morgan fingerprint density at radius 1 is 0.471 bits per heavy atom. The first-order chi connectivity index (χ1) is 25.1. The third-order valence-electron chi connectivity index (χ3n) is 10.2. The third-order valence-corrected chi connectivity index (χ3v) is 10.2. The van der Waals surface area contributed by atoms with E-state index >= 15 is 0 Å². The summed E-state index contributed by atoms with van der Waals surface area (Å²) in [5.74, 6) is -0.516. The minimum atomic E-state index is -1.11. The number of hydrogen-bond acceptors (Lipinski definition) is 4. The van der Waals surface area contributed by atoms with Crippen molar-refractivity contribution >= 4 is 5.91 Å². The largest absolute Gasteiger partial charge is 0.394 e. The number of hydrogen-bond donors (Lipinski definition) is 4. The summed E-state index contributed by atoms with van der Waals surface area (Å²) in [6.45, 7) is 4.15. The van der Waals surface area contributed by atoms with Crippen LogP contribution in [0.4, 0.5) is 0 Å². The third kappa shape index (κ3) is 36.7. The summed E-state index contributed by atoms with van der Waals surface area (Å²) in [5.41, 5.74) is 0. The van der Waals surface area contributed by atoms with E-state index in [1.54, 1.807) is 6.08 Å². The lowest BCUT2D eigenvalue weighted by molar-refractivity contribution is -0.131. The number of amides is 1. The molecule has 5 nitrogen and oxygen atoms in total. The van der Waals surface area contributed by atoms with Crippen molar-refractivity contribution in [2.75, 3.05) is 6.61 Å². The van der Waals surface area contributed by atoms with E-state index in [2.05, 4.69) is 43.5 Å². The molecule has 0 radical (unpaired) electrons. The van der Waals surface area contributed by atoms with Crippen LogP contribution in [-0.4, -0.2) is 46.1 Å². The molecule has 0 aliphatic rings. The van der Waals surface area contributed by atoms with E-state index in [0.717, 1.165) is 44.9 Å². The Bertz CT molecular complexity index is 794. The van der Waals surface area contributed by atoms with Gasteiger partial charge in [-0.1, -0.05) is 217 Å². The van der Waals surface area contributed by atoms with E-state index in [-0.39, 0.29) is 6.61 Å². The molecule has 3 unspecified atom stereocenters. The van der Waals surface area contributed by atoms with Crippen LogP contribution < -0.4 is 5.32 Å². The standard InChI is InChI=1S/C46H87NO4/c1-3-5-7-9-11-13-15-17-19-20-21-22-23-24-25-26-27-29-31-33-35-37-39-41-45(50)46(51)47-43(42-48)44(49)40-38-36-34-32-30-28-18-16-14-12-10-8-6-4-2/h14,16,30,32,38,40,43-45,48-50H,3-13,15,17-29,31,33-37,39,41-42H2,1-2H3,(H,47,51)/b16-14+,32-30+,40-38+. The Hall–Kier alpha value is -1.43. The van der Waals surface area contributed by atoms with Crippen LogP contribution in [0.2, 0.25) is 0 Å². The average Bonchev–Trinajstić information content (AvgIpc) is 3.13. The van der Waals surface area contributed by atoms with E-state index < -0.39 is 24.2 Å². The first kappa shape index (κ1) is 49.6. The summed E-state index contributed by atoms with van der Waals surface area (Å²) in [6.07, 6.45) is 51.8. The van der Waals surface area contributed by atoms with Gasteiger partial charge >= 0.3 is 0 Å². The molecule has 4 N–H and O–H groups in total. The van der Waals surface area contributed by atoms with Crippen molar-refractivity contribution in [1.82, 2.24) is 5.32 Å². The van der Waals surface area contributed by atoms with E-state index in [1.165, 1.54) is 161 Å². The number of rotatable bonds is 40. The molecule has 5 heteroatoms. The highest BCUT2D eigenvalue weighted by Gasteiger charge is 2.22. The maximum atomic E-state index is 12.5. The van der Waals surface area contributed by atoms with Crippen molar-refractivity contribution in [2.45, 2.75) is 244 Å². The molecule has 0 saturated heterocycles. The minimum Gasteiger partial charge on any atom is -0.394 e. The summed E-state index contributed by atoms with van der Waals surface area (Å²) >= 11 is 0. The van der Waals surface area contributed by atoms with E-state index in [9.17, 15) is 20.1 Å². The van der Waals surface area contributed by atoms with Crippen molar-refractivity contribution in [3.63, 3.8) is 0 Å². The van der Waals surface area contributed by atoms with Gasteiger partial charge < -0.3 is 20.6 Å². The van der Waals surface area contributed by atoms with Crippen molar-refractivity contribution in [2.24, 2.45) is 0 Å². The van der Waals surface area contributed by atoms with Crippen LogP contribution in [0.25, 0.3) is 0 Å². The topological polar surface area (TPSA) is 89.8 Å². The Balaban J connectivity index is 3.65. The number of unbranched alkanes of at least 4 members (excludes halogenated alkanes) is 28. The lowest BCUT2D eigenvalue weighted by atomic mass is 10.0. The average molecular weight is 718 g/mol. The molecule has 0 aromatic carbocycles. The number of nitrogens with one attached hydrogen (secondary N) is 1. The maximum absolute atomic E-state index is 12.5. The number of carbonyl (C=O) groups excluding carboxylic acids is 1. The normalized spacial score (nSPS) is 13.9. The molecule has 0 bridgehead atoms. The van der Waals surface area contributed by atoms with Crippen LogP contribution in [0.1, 0.15) is 226 Å². The molecule has 51 heavy (non-hydrogen) atoms. The molecule has 0 rings (SSSR count). The molecular weight excluding hydrogens is 631 g/mol. The van der Waals surface area contributed by atoms with Gasteiger partial charge in [-0.2, -0.15) is 0 Å². The summed E-state index contributed by atoms with van der Waals surface area (Å²) in [4.78, 5) is 12.5. The van der Waals surface area contributed by atoms with Crippen molar-refractivity contribution in [1.29, 1.82) is 0 Å². The fraction of sp³-hybridized carbons (Fsp3) is 0.848. The van der Waals surface area contributed by atoms with Gasteiger partial charge in [0, 0.05) is 0 Å². The van der Waals surface area contributed by atoms with Crippen molar-refractivity contribution in [3.05, 3.63) is 36.5 Å². The lowest BCUT2D eigenvalue weighted by Crippen LogP contribution is -2.48. The molecular formula is C46H87NO4. The lowest BCUT2D eigenvalue weighted by Gasteiger charge is -2.21. The van der Waals surface area contributed by atoms with Crippen LogP contribution in [0.5, 0.6) is 0 Å². The second-order valence-electron chi connectivity index (χ2n) is 15.2. The molecule has 0 aromatic heterocycles. The number of aliphatic hydroxyl groups is 3. The van der Waals surface area contributed by atoms with E-state index in [0.29, 0.717) is 6.42 Å². The molecule has 3 atom stereocenters. The van der Waals surface area contributed by atoms with Gasteiger partial charge in [0.1, 0.15) is 6.10 Å². The van der Waals surface area contributed by atoms with Gasteiger partial charge in [0.05, 0.1) is 18.8 Å². The van der Waals surface area contributed by atoms with Crippen molar-refractivity contribution < 1.29 is 20.1 Å². The minimum absolute atomic E-state index is 0.380. The first-order valence-corrected chi connectivity index (χ1v) is 22.3. The van der Waals surface area contributed by atoms with Crippen LogP contribution in [0, 0.1) is 0 Å². The molecule has 0 spiro atoms. The summed E-state index contributed by atoms with van der Waals surface area (Å²) in [6, 6.07) is -0.818. The highest BCUT2D eigenvalue weighted by Crippen LogP contribution is 2.16. The van der Waals surface area contributed by atoms with E-state index in [4.69, 9.17) is 0 Å². The Kier molecular flexibility index (Phi) is 40.2. The van der Waals surface area contributed by atoms with Gasteiger partial charge in [0.15, 0.2) is 0 Å². The Morgan fingerprint density at radius 3 is 1.20 bits per heavy atom. The van der Waals surface area contributed by atoms with Crippen LogP contribution in [-0.2, 0) is 4.79 Å². The fourth-order valence-corrected chi connectivity index (χ4v) is 6.69. The highest BCUT2D eigenvalue weighted by atomic mass is 16.3. The first-order valence-electron chi connectivity index (χ1n) is 22.3. The molecule has 0 aliphatic heterocycles.